The largest absolute Gasteiger partial charge is 0.310 e. The number of fused-ring (bicyclic) bond motifs is 1. The summed E-state index contributed by atoms with van der Waals surface area (Å²) in [6.45, 7) is 3.57. The minimum absolute atomic E-state index is 0.0316. The molecule has 0 spiro atoms. The SMILES string of the molecule is CCS(=O)(=O)c1ccc(CC(=O)Nc2ccc3c(n2)CCC(C)(c2ccccc2)C3=O)cc1. The smallest absolute Gasteiger partial charge is 0.229 e. The third kappa shape index (κ3) is 4.59. The first kappa shape index (κ1) is 22.9. The molecule has 0 saturated heterocycles. The number of carbonyl (C=O) groups is 2. The van der Waals surface area contributed by atoms with Crippen molar-refractivity contribution in [1.82, 2.24) is 4.98 Å². The minimum Gasteiger partial charge on any atom is -0.310 e. The van der Waals surface area contributed by atoms with E-state index in [1.165, 1.54) is 12.1 Å². The van der Waals surface area contributed by atoms with Crippen LogP contribution in [0.5, 0.6) is 0 Å². The van der Waals surface area contributed by atoms with E-state index < -0.39 is 15.3 Å². The summed E-state index contributed by atoms with van der Waals surface area (Å²) in [6.07, 6.45) is 1.39. The summed E-state index contributed by atoms with van der Waals surface area (Å²) in [7, 11) is -3.27. The third-order valence-electron chi connectivity index (χ3n) is 6.29. The van der Waals surface area contributed by atoms with E-state index in [2.05, 4.69) is 10.3 Å². The Balaban J connectivity index is 1.46. The first-order chi connectivity index (χ1) is 15.7. The Bertz CT molecular complexity index is 1300. The Morgan fingerprint density at radius 3 is 2.39 bits per heavy atom. The molecule has 1 aromatic heterocycles. The number of amides is 1. The lowest BCUT2D eigenvalue weighted by Crippen LogP contribution is -2.37. The van der Waals surface area contributed by atoms with Gasteiger partial charge in [0.25, 0.3) is 0 Å². The fourth-order valence-electron chi connectivity index (χ4n) is 4.18. The molecule has 6 nitrogen and oxygen atoms in total. The minimum atomic E-state index is -3.27. The molecule has 2 aromatic carbocycles. The predicted octanol–water partition coefficient (Wildman–Crippen LogP) is 4.14. The number of nitrogens with one attached hydrogen (secondary N) is 1. The molecule has 7 heteroatoms. The molecular formula is C26H26N2O4S. The van der Waals surface area contributed by atoms with Crippen LogP contribution in [0.2, 0.25) is 0 Å². The molecule has 0 radical (unpaired) electrons. The maximum atomic E-state index is 13.3. The summed E-state index contributed by atoms with van der Waals surface area (Å²) >= 11 is 0. The molecule has 1 aliphatic carbocycles. The van der Waals surface area contributed by atoms with Gasteiger partial charge in [0.1, 0.15) is 5.82 Å². The zero-order chi connectivity index (χ0) is 23.6. The third-order valence-corrected chi connectivity index (χ3v) is 8.04. The number of nitrogens with zero attached hydrogens (tertiary/aromatic N) is 1. The van der Waals surface area contributed by atoms with Gasteiger partial charge in [-0.2, -0.15) is 0 Å². The summed E-state index contributed by atoms with van der Waals surface area (Å²) in [4.78, 5) is 30.5. The van der Waals surface area contributed by atoms with Crippen molar-refractivity contribution in [3.63, 3.8) is 0 Å². The Kier molecular flexibility index (Phi) is 6.17. The fourth-order valence-corrected chi connectivity index (χ4v) is 5.07. The van der Waals surface area contributed by atoms with Gasteiger partial charge in [-0.1, -0.05) is 49.4 Å². The molecular weight excluding hydrogens is 436 g/mol. The van der Waals surface area contributed by atoms with Crippen LogP contribution in [0, 0.1) is 0 Å². The van der Waals surface area contributed by atoms with Crippen LogP contribution < -0.4 is 5.32 Å². The van der Waals surface area contributed by atoms with Crippen LogP contribution in [0.25, 0.3) is 0 Å². The number of aromatic nitrogens is 1. The summed E-state index contributed by atoms with van der Waals surface area (Å²) in [5.74, 6) is 0.219. The van der Waals surface area contributed by atoms with Crippen LogP contribution in [0.1, 0.15) is 47.4 Å². The van der Waals surface area contributed by atoms with Crippen molar-refractivity contribution < 1.29 is 18.0 Å². The first-order valence-corrected chi connectivity index (χ1v) is 12.6. The van der Waals surface area contributed by atoms with Crippen molar-refractivity contribution in [2.24, 2.45) is 0 Å². The second-order valence-corrected chi connectivity index (χ2v) is 10.8. The highest BCUT2D eigenvalue weighted by molar-refractivity contribution is 7.91. The van der Waals surface area contributed by atoms with Gasteiger partial charge >= 0.3 is 0 Å². The number of carbonyl (C=O) groups excluding carboxylic acids is 2. The number of aryl methyl sites for hydroxylation is 1. The number of hydrogen-bond donors (Lipinski definition) is 1. The van der Waals surface area contributed by atoms with E-state index in [1.807, 2.05) is 37.3 Å². The van der Waals surface area contributed by atoms with Gasteiger partial charge in [-0.15, -0.1) is 0 Å². The Hall–Kier alpha value is -3.32. The number of Topliss-reactive ketones (excluding diaryl/α,β-unsaturated/α-hetero) is 1. The molecule has 1 amide bonds. The molecule has 0 fully saturated rings. The number of rotatable bonds is 6. The lowest BCUT2D eigenvalue weighted by molar-refractivity contribution is -0.115. The van der Waals surface area contributed by atoms with Gasteiger partial charge in [0, 0.05) is 5.56 Å². The predicted molar refractivity (Wildman–Crippen MR) is 127 cm³/mol. The summed E-state index contributed by atoms with van der Waals surface area (Å²) < 4.78 is 23.9. The molecule has 1 heterocycles. The molecule has 1 unspecified atom stereocenters. The van der Waals surface area contributed by atoms with Crippen molar-refractivity contribution in [2.75, 3.05) is 11.1 Å². The van der Waals surface area contributed by atoms with Gasteiger partial charge in [-0.3, -0.25) is 9.59 Å². The van der Waals surface area contributed by atoms with Crippen molar-refractivity contribution in [2.45, 2.75) is 43.4 Å². The van der Waals surface area contributed by atoms with Crippen LogP contribution in [0.3, 0.4) is 0 Å². The van der Waals surface area contributed by atoms with Gasteiger partial charge in [0.15, 0.2) is 15.6 Å². The average Bonchev–Trinajstić information content (AvgIpc) is 2.82. The van der Waals surface area contributed by atoms with Gasteiger partial charge in [0.05, 0.1) is 28.2 Å². The molecule has 1 N–H and O–H groups in total. The van der Waals surface area contributed by atoms with E-state index in [9.17, 15) is 18.0 Å². The maximum absolute atomic E-state index is 13.3. The molecule has 0 saturated carbocycles. The lowest BCUT2D eigenvalue weighted by atomic mass is 9.69. The number of hydrogen-bond acceptors (Lipinski definition) is 5. The highest BCUT2D eigenvalue weighted by Gasteiger charge is 2.40. The van der Waals surface area contributed by atoms with Crippen LogP contribution in [-0.4, -0.2) is 30.8 Å². The van der Waals surface area contributed by atoms with Gasteiger partial charge in [-0.25, -0.2) is 13.4 Å². The number of benzene rings is 2. The Morgan fingerprint density at radius 2 is 1.73 bits per heavy atom. The number of anilines is 1. The molecule has 3 aromatic rings. The first-order valence-electron chi connectivity index (χ1n) is 10.9. The topological polar surface area (TPSA) is 93.2 Å². The standard InChI is InChI=1S/C26H26N2O4S/c1-3-33(31,32)20-11-9-18(10-12-20)17-24(29)28-23-14-13-21-22(27-23)15-16-26(2,25(21)30)19-7-5-4-6-8-19/h4-14H,3,15-17H2,1-2H3,(H,27,28,29). The van der Waals surface area contributed by atoms with Crippen molar-refractivity contribution >= 4 is 27.3 Å². The van der Waals surface area contributed by atoms with Crippen molar-refractivity contribution in [3.8, 4) is 0 Å². The lowest BCUT2D eigenvalue weighted by Gasteiger charge is -2.33. The van der Waals surface area contributed by atoms with Crippen LogP contribution in [0.4, 0.5) is 5.82 Å². The van der Waals surface area contributed by atoms with E-state index in [4.69, 9.17) is 0 Å². The Labute approximate surface area is 194 Å². The maximum Gasteiger partial charge on any atom is 0.229 e. The van der Waals surface area contributed by atoms with Gasteiger partial charge < -0.3 is 5.32 Å². The summed E-state index contributed by atoms with van der Waals surface area (Å²) in [5.41, 5.74) is 2.40. The highest BCUT2D eigenvalue weighted by atomic mass is 32.2. The molecule has 0 aliphatic heterocycles. The van der Waals surface area contributed by atoms with Gasteiger partial charge in [-0.05, 0) is 55.2 Å². The van der Waals surface area contributed by atoms with Gasteiger partial charge in [0.2, 0.25) is 5.91 Å². The van der Waals surface area contributed by atoms with Crippen LogP contribution in [0.15, 0.2) is 71.6 Å². The number of sulfone groups is 1. The normalized spacial score (nSPS) is 17.9. The van der Waals surface area contributed by atoms with E-state index >= 15 is 0 Å². The number of ketones is 1. The second kappa shape index (κ2) is 8.90. The summed E-state index contributed by atoms with van der Waals surface area (Å²) in [6, 6.07) is 19.5. The molecule has 33 heavy (non-hydrogen) atoms. The second-order valence-electron chi connectivity index (χ2n) is 8.49. The molecule has 170 valence electrons. The summed E-state index contributed by atoms with van der Waals surface area (Å²) in [5, 5.41) is 2.78. The van der Waals surface area contributed by atoms with Crippen molar-refractivity contribution in [1.29, 1.82) is 0 Å². The van der Waals surface area contributed by atoms with E-state index in [0.29, 0.717) is 35.5 Å². The number of pyridine rings is 1. The quantitative estimate of drug-likeness (QED) is 0.594. The van der Waals surface area contributed by atoms with Crippen molar-refractivity contribution in [3.05, 3.63) is 89.1 Å². The zero-order valence-electron chi connectivity index (χ0n) is 18.7. The molecule has 1 atom stereocenters. The molecule has 4 rings (SSSR count). The monoisotopic (exact) mass is 462 g/mol. The van der Waals surface area contributed by atoms with E-state index in [1.54, 1.807) is 31.2 Å². The highest BCUT2D eigenvalue weighted by Crippen LogP contribution is 2.38. The Morgan fingerprint density at radius 1 is 1.03 bits per heavy atom. The molecule has 0 bridgehead atoms. The van der Waals surface area contributed by atoms with E-state index in [0.717, 1.165) is 5.56 Å². The van der Waals surface area contributed by atoms with Crippen LogP contribution >= 0.6 is 0 Å². The van der Waals surface area contributed by atoms with Crippen LogP contribution in [-0.2, 0) is 32.9 Å². The fraction of sp³-hybridized carbons (Fsp3) is 0.269. The van der Waals surface area contributed by atoms with E-state index in [-0.39, 0.29) is 28.8 Å². The zero-order valence-corrected chi connectivity index (χ0v) is 19.5. The molecule has 1 aliphatic rings. The average molecular weight is 463 g/mol.